The largest absolute Gasteiger partial charge is 0.387 e. The summed E-state index contributed by atoms with van der Waals surface area (Å²) in [7, 11) is 0. The van der Waals surface area contributed by atoms with E-state index in [1.807, 2.05) is 12.3 Å². The summed E-state index contributed by atoms with van der Waals surface area (Å²) < 4.78 is 3.97. The average Bonchev–Trinajstić information content (AvgIpc) is 2.85. The third-order valence-electron chi connectivity index (χ3n) is 2.60. The first-order chi connectivity index (χ1) is 8.38. The highest BCUT2D eigenvalue weighted by Crippen LogP contribution is 2.31. The Morgan fingerprint density at radius 3 is 2.67 bits per heavy atom. The van der Waals surface area contributed by atoms with Crippen molar-refractivity contribution in [2.45, 2.75) is 45.6 Å². The van der Waals surface area contributed by atoms with E-state index >= 15 is 0 Å². The van der Waals surface area contributed by atoms with Crippen molar-refractivity contribution in [3.8, 4) is 0 Å². The molecule has 1 unspecified atom stereocenters. The van der Waals surface area contributed by atoms with Crippen molar-refractivity contribution in [1.29, 1.82) is 0 Å². The molecule has 1 N–H and O–H groups in total. The van der Waals surface area contributed by atoms with Gasteiger partial charge in [-0.05, 0) is 18.5 Å². The number of nitrogens with zero attached hydrogens (tertiary/aromatic N) is 3. The normalized spacial score (nSPS) is 13.8. The maximum Gasteiger partial charge on any atom is 0.0972 e. The van der Waals surface area contributed by atoms with Crippen LogP contribution in [0.4, 0.5) is 0 Å². The standard InChI is InChI=1S/C12H17N3OS2/c1-7-13-8(6-17-7)5-9(16)10-11(12(2,3)4)14-15-18-10/h6,9,16H,5H2,1-4H3. The molecule has 6 heteroatoms. The Kier molecular flexibility index (Phi) is 3.79. The zero-order valence-electron chi connectivity index (χ0n) is 11.0. The predicted molar refractivity (Wildman–Crippen MR) is 74.1 cm³/mol. The van der Waals surface area contributed by atoms with Crippen LogP contribution in [-0.4, -0.2) is 19.7 Å². The van der Waals surface area contributed by atoms with Gasteiger partial charge in [-0.3, -0.25) is 0 Å². The fourth-order valence-electron chi connectivity index (χ4n) is 1.73. The summed E-state index contributed by atoms with van der Waals surface area (Å²) in [5.41, 5.74) is 1.71. The molecule has 0 aliphatic carbocycles. The van der Waals surface area contributed by atoms with E-state index in [4.69, 9.17) is 0 Å². The van der Waals surface area contributed by atoms with Crippen molar-refractivity contribution in [3.63, 3.8) is 0 Å². The zero-order chi connectivity index (χ0) is 13.3. The molecule has 0 saturated heterocycles. The highest BCUT2D eigenvalue weighted by molar-refractivity contribution is 7.09. The van der Waals surface area contributed by atoms with Crippen LogP contribution in [0.3, 0.4) is 0 Å². The van der Waals surface area contributed by atoms with Crippen molar-refractivity contribution >= 4 is 22.9 Å². The van der Waals surface area contributed by atoms with Crippen molar-refractivity contribution in [3.05, 3.63) is 26.7 Å². The monoisotopic (exact) mass is 283 g/mol. The van der Waals surface area contributed by atoms with E-state index in [0.717, 1.165) is 21.3 Å². The Balaban J connectivity index is 2.19. The maximum absolute atomic E-state index is 10.3. The summed E-state index contributed by atoms with van der Waals surface area (Å²) >= 11 is 2.88. The fourth-order valence-corrected chi connectivity index (χ4v) is 3.20. The summed E-state index contributed by atoms with van der Waals surface area (Å²) in [6.45, 7) is 8.20. The SMILES string of the molecule is Cc1nc(CC(O)c2snnc2C(C)(C)C)cs1. The predicted octanol–water partition coefficient (Wildman–Crippen LogP) is 2.88. The van der Waals surface area contributed by atoms with E-state index in [2.05, 4.69) is 35.3 Å². The zero-order valence-corrected chi connectivity index (χ0v) is 12.6. The van der Waals surface area contributed by atoms with Crippen molar-refractivity contribution < 1.29 is 5.11 Å². The van der Waals surface area contributed by atoms with Gasteiger partial charge in [0.15, 0.2) is 0 Å². The molecular formula is C12H17N3OS2. The van der Waals surface area contributed by atoms with Gasteiger partial charge in [0.05, 0.1) is 27.4 Å². The van der Waals surface area contributed by atoms with Gasteiger partial charge in [-0.25, -0.2) is 4.98 Å². The second kappa shape index (κ2) is 5.03. The van der Waals surface area contributed by atoms with E-state index in [1.54, 1.807) is 11.3 Å². The number of hydrogen-bond acceptors (Lipinski definition) is 6. The van der Waals surface area contributed by atoms with Gasteiger partial charge in [0.1, 0.15) is 0 Å². The third kappa shape index (κ3) is 2.93. The van der Waals surface area contributed by atoms with Crippen LogP contribution in [0.15, 0.2) is 5.38 Å². The number of aromatic nitrogens is 3. The molecule has 0 bridgehead atoms. The first-order valence-corrected chi connectivity index (χ1v) is 7.45. The van der Waals surface area contributed by atoms with Crippen LogP contribution in [0.2, 0.25) is 0 Å². The molecule has 0 aliphatic heterocycles. The van der Waals surface area contributed by atoms with Gasteiger partial charge >= 0.3 is 0 Å². The van der Waals surface area contributed by atoms with Gasteiger partial charge in [0.25, 0.3) is 0 Å². The number of aliphatic hydroxyl groups excluding tert-OH is 1. The summed E-state index contributed by atoms with van der Waals surface area (Å²) in [5.74, 6) is 0. The third-order valence-corrected chi connectivity index (χ3v) is 4.24. The molecule has 0 aliphatic rings. The highest BCUT2D eigenvalue weighted by Gasteiger charge is 2.26. The van der Waals surface area contributed by atoms with E-state index in [0.29, 0.717) is 6.42 Å². The number of thiazole rings is 1. The topological polar surface area (TPSA) is 58.9 Å². The summed E-state index contributed by atoms with van der Waals surface area (Å²) in [6.07, 6.45) is -0.0437. The first-order valence-electron chi connectivity index (χ1n) is 5.79. The number of aryl methyl sites for hydroxylation is 1. The molecule has 0 fully saturated rings. The van der Waals surface area contributed by atoms with Gasteiger partial charge < -0.3 is 5.11 Å². The first kappa shape index (κ1) is 13.6. The van der Waals surface area contributed by atoms with E-state index in [1.165, 1.54) is 11.5 Å². The minimum absolute atomic E-state index is 0.0959. The maximum atomic E-state index is 10.3. The molecule has 1 atom stereocenters. The van der Waals surface area contributed by atoms with Crippen LogP contribution >= 0.6 is 22.9 Å². The average molecular weight is 283 g/mol. The lowest BCUT2D eigenvalue weighted by Gasteiger charge is -2.18. The Morgan fingerprint density at radius 2 is 2.11 bits per heavy atom. The summed E-state index contributed by atoms with van der Waals surface area (Å²) in [5, 5.41) is 17.5. The molecule has 4 nitrogen and oxygen atoms in total. The summed E-state index contributed by atoms with van der Waals surface area (Å²) in [6, 6.07) is 0. The van der Waals surface area contributed by atoms with Crippen LogP contribution in [-0.2, 0) is 11.8 Å². The quantitative estimate of drug-likeness (QED) is 0.941. The molecule has 0 amide bonds. The van der Waals surface area contributed by atoms with Gasteiger partial charge in [-0.2, -0.15) is 0 Å². The second-order valence-corrected chi connectivity index (χ2v) is 7.16. The molecule has 2 aromatic rings. The van der Waals surface area contributed by atoms with Crippen molar-refractivity contribution in [2.75, 3.05) is 0 Å². The lowest BCUT2D eigenvalue weighted by molar-refractivity contribution is 0.178. The van der Waals surface area contributed by atoms with Crippen molar-refractivity contribution in [2.24, 2.45) is 0 Å². The van der Waals surface area contributed by atoms with Crippen LogP contribution in [0.25, 0.3) is 0 Å². The Hall–Kier alpha value is -0.850. The molecular weight excluding hydrogens is 266 g/mol. The van der Waals surface area contributed by atoms with Crippen molar-refractivity contribution in [1.82, 2.24) is 14.6 Å². The Labute approximate surface area is 115 Å². The van der Waals surface area contributed by atoms with Gasteiger partial charge in [0.2, 0.25) is 0 Å². The molecule has 2 rings (SSSR count). The molecule has 0 aromatic carbocycles. The number of aliphatic hydroxyl groups is 1. The highest BCUT2D eigenvalue weighted by atomic mass is 32.1. The minimum atomic E-state index is -0.569. The number of hydrogen-bond donors (Lipinski definition) is 1. The minimum Gasteiger partial charge on any atom is -0.387 e. The van der Waals surface area contributed by atoms with Crippen LogP contribution in [0.5, 0.6) is 0 Å². The molecule has 98 valence electrons. The van der Waals surface area contributed by atoms with Gasteiger partial charge in [-0.1, -0.05) is 25.3 Å². The van der Waals surface area contributed by atoms with E-state index < -0.39 is 6.10 Å². The Morgan fingerprint density at radius 1 is 1.39 bits per heavy atom. The second-order valence-electron chi connectivity index (χ2n) is 5.31. The molecule has 0 spiro atoms. The smallest absolute Gasteiger partial charge is 0.0972 e. The van der Waals surface area contributed by atoms with Gasteiger partial charge in [0, 0.05) is 17.2 Å². The molecule has 2 heterocycles. The van der Waals surface area contributed by atoms with Crippen LogP contribution in [0.1, 0.15) is 48.1 Å². The van der Waals surface area contributed by atoms with E-state index in [-0.39, 0.29) is 5.41 Å². The molecule has 18 heavy (non-hydrogen) atoms. The summed E-state index contributed by atoms with van der Waals surface area (Å²) in [4.78, 5) is 5.23. The van der Waals surface area contributed by atoms with Crippen LogP contribution in [0, 0.1) is 6.92 Å². The van der Waals surface area contributed by atoms with Crippen LogP contribution < -0.4 is 0 Å². The molecule has 2 aromatic heterocycles. The number of rotatable bonds is 3. The lowest BCUT2D eigenvalue weighted by atomic mass is 9.90. The van der Waals surface area contributed by atoms with E-state index in [9.17, 15) is 5.11 Å². The lowest BCUT2D eigenvalue weighted by Crippen LogP contribution is -2.16. The Bertz CT molecular complexity index is 527. The van der Waals surface area contributed by atoms with Gasteiger partial charge in [-0.15, -0.1) is 16.4 Å². The fraction of sp³-hybridized carbons (Fsp3) is 0.583. The molecule has 0 radical (unpaired) electrons. The molecule has 0 saturated carbocycles.